The Morgan fingerprint density at radius 1 is 1.89 bits per heavy atom. The van der Waals surface area contributed by atoms with Crippen molar-refractivity contribution in [2.24, 2.45) is 0 Å². The molecular weight excluding hydrogens is 138 g/mol. The number of hydrogen-bond donors (Lipinski definition) is 1. The molecule has 1 heterocycles. The number of nitrogens with zero attached hydrogens (tertiary/aromatic N) is 2. The molecule has 0 radical (unpaired) electrons. The summed E-state index contributed by atoms with van der Waals surface area (Å²) in [5.41, 5.74) is 0. The first-order valence-electron chi connectivity index (χ1n) is 2.15. The lowest BCUT2D eigenvalue weighted by Gasteiger charge is -1.76. The zero-order valence-corrected chi connectivity index (χ0v) is 5.18. The first-order chi connectivity index (χ1) is 4.43. The van der Waals surface area contributed by atoms with Gasteiger partial charge in [-0.25, -0.2) is 4.79 Å². The van der Waals surface area contributed by atoms with E-state index in [2.05, 4.69) is 15.4 Å². The average molecular weight is 141 g/mol. The van der Waals surface area contributed by atoms with Crippen molar-refractivity contribution in [3.05, 3.63) is 11.6 Å². The van der Waals surface area contributed by atoms with E-state index in [4.69, 9.17) is 0 Å². The summed E-state index contributed by atoms with van der Waals surface area (Å²) in [5, 5.41) is 11.5. The zero-order chi connectivity index (χ0) is 6.53. The molecule has 0 aromatic carbocycles. The second kappa shape index (κ2) is 3.06. The van der Waals surface area contributed by atoms with Crippen LogP contribution in [0.4, 0.5) is 0 Å². The van der Waals surface area contributed by atoms with Gasteiger partial charge in [0, 0.05) is 0 Å². The summed E-state index contributed by atoms with van der Waals surface area (Å²) in [6.07, 6.45) is 1.53. The number of thioether (sulfide) groups is 1. The maximum atomic E-state index is 9.64. The molecule has 0 amide bonds. The lowest BCUT2D eigenvalue weighted by Crippen LogP contribution is -1.67. The fourth-order valence-electron chi connectivity index (χ4n) is 0.332. The van der Waals surface area contributed by atoms with Gasteiger partial charge in [0.25, 0.3) is 0 Å². The number of carbonyl (C=O) groups excluding carboxylic acids is 1. The summed E-state index contributed by atoms with van der Waals surface area (Å²) in [4.78, 5) is 9.64. The van der Waals surface area contributed by atoms with Gasteiger partial charge in [0.2, 0.25) is 0 Å². The van der Waals surface area contributed by atoms with Crippen LogP contribution >= 0.6 is 11.8 Å². The Balaban J connectivity index is 2.57. The minimum atomic E-state index is 0.665. The van der Waals surface area contributed by atoms with Crippen LogP contribution in [0.5, 0.6) is 0 Å². The summed E-state index contributed by atoms with van der Waals surface area (Å²) in [6, 6.07) is 0. The topological polar surface area (TPSA) is 58.6 Å². The van der Waals surface area contributed by atoms with Crippen LogP contribution in [0.3, 0.4) is 0 Å². The van der Waals surface area contributed by atoms with Crippen molar-refractivity contribution in [3.8, 4) is 0 Å². The van der Waals surface area contributed by atoms with E-state index in [0.717, 1.165) is 0 Å². The maximum Gasteiger partial charge on any atom is 0.143 e. The summed E-state index contributed by atoms with van der Waals surface area (Å²) in [6.45, 7) is 0. The van der Waals surface area contributed by atoms with Crippen LogP contribution in [0.2, 0.25) is 0 Å². The Kier molecular flexibility index (Phi) is 2.06. The van der Waals surface area contributed by atoms with Gasteiger partial charge in [-0.2, -0.15) is 10.3 Å². The molecule has 0 unspecified atom stereocenters. The van der Waals surface area contributed by atoms with E-state index in [-0.39, 0.29) is 0 Å². The van der Waals surface area contributed by atoms with Crippen molar-refractivity contribution in [1.29, 1.82) is 0 Å². The van der Waals surface area contributed by atoms with Crippen molar-refractivity contribution >= 4 is 17.7 Å². The van der Waals surface area contributed by atoms with E-state index in [1.54, 1.807) is 5.94 Å². The van der Waals surface area contributed by atoms with E-state index in [1.165, 1.54) is 23.4 Å². The molecule has 1 aromatic heterocycles. The second-order valence-corrected chi connectivity index (χ2v) is 2.05. The van der Waals surface area contributed by atoms with Crippen LogP contribution in [0.15, 0.2) is 16.6 Å². The highest BCUT2D eigenvalue weighted by molar-refractivity contribution is 8.02. The Hall–Kier alpha value is -1.06. The normalized spacial score (nSPS) is 8.44. The first kappa shape index (κ1) is 6.07. The molecule has 0 atom stereocenters. The average Bonchev–Trinajstić information content (AvgIpc) is 2.34. The number of aromatic nitrogens is 3. The van der Waals surface area contributed by atoms with Crippen LogP contribution in [0.25, 0.3) is 0 Å². The Bertz CT molecular complexity index is 214. The molecule has 0 spiro atoms. The molecule has 4 nitrogen and oxygen atoms in total. The molecule has 1 N–H and O–H groups in total. The minimum absolute atomic E-state index is 0.665. The highest BCUT2D eigenvalue weighted by Gasteiger charge is 1.89. The molecule has 0 aliphatic rings. The molecule has 0 bridgehead atoms. The van der Waals surface area contributed by atoms with Crippen LogP contribution < -0.4 is 0 Å². The smallest absolute Gasteiger partial charge is 0.143 e. The van der Waals surface area contributed by atoms with Gasteiger partial charge in [0.1, 0.15) is 11.0 Å². The van der Waals surface area contributed by atoms with Gasteiger partial charge in [-0.05, 0) is 0 Å². The van der Waals surface area contributed by atoms with Crippen molar-refractivity contribution < 1.29 is 4.79 Å². The predicted octanol–water partition coefficient (Wildman–Crippen LogP) is 0.242. The molecule has 1 rings (SSSR count). The molecule has 5 heteroatoms. The van der Waals surface area contributed by atoms with Crippen molar-refractivity contribution in [2.75, 3.05) is 0 Å². The van der Waals surface area contributed by atoms with Gasteiger partial charge in [-0.1, -0.05) is 11.8 Å². The molecular formula is C4H3N3OS. The van der Waals surface area contributed by atoms with Crippen LogP contribution in [-0.2, 0) is 4.79 Å². The number of nitrogens with one attached hydrogen (secondary N) is 1. The predicted molar refractivity (Wildman–Crippen MR) is 32.5 cm³/mol. The van der Waals surface area contributed by atoms with E-state index < -0.39 is 0 Å². The van der Waals surface area contributed by atoms with Crippen LogP contribution in [0.1, 0.15) is 0 Å². The zero-order valence-electron chi connectivity index (χ0n) is 4.37. The van der Waals surface area contributed by atoms with Crippen molar-refractivity contribution in [1.82, 2.24) is 15.4 Å². The van der Waals surface area contributed by atoms with Crippen LogP contribution in [-0.4, -0.2) is 21.4 Å². The second-order valence-electron chi connectivity index (χ2n) is 1.16. The lowest BCUT2D eigenvalue weighted by atomic mass is 11.0. The van der Waals surface area contributed by atoms with E-state index in [0.29, 0.717) is 5.03 Å². The largest absolute Gasteiger partial charge is 0.233 e. The van der Waals surface area contributed by atoms with Gasteiger partial charge < -0.3 is 0 Å². The first-order valence-corrected chi connectivity index (χ1v) is 3.03. The summed E-state index contributed by atoms with van der Waals surface area (Å²) in [7, 11) is 0. The summed E-state index contributed by atoms with van der Waals surface area (Å²) >= 11 is 1.17. The fourth-order valence-corrected chi connectivity index (χ4v) is 0.708. The Morgan fingerprint density at radius 3 is 3.33 bits per heavy atom. The van der Waals surface area contributed by atoms with E-state index in [9.17, 15) is 4.79 Å². The monoisotopic (exact) mass is 141 g/mol. The lowest BCUT2D eigenvalue weighted by molar-refractivity contribution is 0.569. The van der Waals surface area contributed by atoms with Gasteiger partial charge >= 0.3 is 0 Å². The van der Waals surface area contributed by atoms with Gasteiger partial charge in [-0.3, -0.25) is 0 Å². The third-order valence-electron chi connectivity index (χ3n) is 0.621. The maximum absolute atomic E-state index is 9.64. The minimum Gasteiger partial charge on any atom is -0.233 e. The highest BCUT2D eigenvalue weighted by atomic mass is 32.2. The number of H-pyrrole nitrogens is 1. The highest BCUT2D eigenvalue weighted by Crippen LogP contribution is 2.11. The third kappa shape index (κ3) is 1.71. The molecule has 0 aliphatic heterocycles. The van der Waals surface area contributed by atoms with E-state index >= 15 is 0 Å². The summed E-state index contributed by atoms with van der Waals surface area (Å²) < 4.78 is 0. The number of aromatic amines is 1. The number of rotatable bonds is 2. The SMILES string of the molecule is O=C=CSc1cn[nH]n1. The molecule has 0 fully saturated rings. The van der Waals surface area contributed by atoms with Crippen LogP contribution in [0, 0.1) is 0 Å². The molecule has 0 saturated carbocycles. The molecule has 46 valence electrons. The molecule has 1 aromatic rings. The van der Waals surface area contributed by atoms with Gasteiger partial charge in [-0.15, -0.1) is 5.10 Å². The standard InChI is InChI=1S/C4H3N3OS/c8-1-2-9-4-3-5-7-6-4/h2-3H,(H,5,6,7). The Morgan fingerprint density at radius 2 is 2.78 bits per heavy atom. The fraction of sp³-hybridized carbons (Fsp3) is 0. The Labute approximate surface area is 55.3 Å². The van der Waals surface area contributed by atoms with Gasteiger partial charge in [0.15, 0.2) is 0 Å². The molecule has 0 saturated heterocycles. The third-order valence-corrected chi connectivity index (χ3v) is 1.27. The molecule has 0 aliphatic carbocycles. The summed E-state index contributed by atoms with van der Waals surface area (Å²) in [5.74, 6) is 1.61. The molecule has 9 heavy (non-hydrogen) atoms. The number of hydrogen-bond acceptors (Lipinski definition) is 4. The van der Waals surface area contributed by atoms with Crippen molar-refractivity contribution in [3.63, 3.8) is 0 Å². The quantitative estimate of drug-likeness (QED) is 0.473. The van der Waals surface area contributed by atoms with Gasteiger partial charge in [0.05, 0.1) is 11.6 Å². The van der Waals surface area contributed by atoms with E-state index in [1.807, 2.05) is 0 Å². The van der Waals surface area contributed by atoms with Crippen molar-refractivity contribution in [2.45, 2.75) is 5.03 Å².